The van der Waals surface area contributed by atoms with Gasteiger partial charge in [0.25, 0.3) is 0 Å². The summed E-state index contributed by atoms with van der Waals surface area (Å²) in [7, 11) is 0. The van der Waals surface area contributed by atoms with Crippen molar-refractivity contribution < 1.29 is 14.9 Å². The first-order valence-corrected chi connectivity index (χ1v) is 11.9. The average Bonchev–Trinajstić information content (AvgIpc) is 3.34. The Morgan fingerprint density at radius 3 is 2.77 bits per heavy atom. The van der Waals surface area contributed by atoms with Crippen LogP contribution in [0.25, 0.3) is 0 Å². The van der Waals surface area contributed by atoms with E-state index in [1.165, 1.54) is 18.4 Å². The van der Waals surface area contributed by atoms with Crippen molar-refractivity contribution in [3.63, 3.8) is 0 Å². The molecule has 1 aromatic carbocycles. The maximum Gasteiger partial charge on any atom is 0.165 e. The van der Waals surface area contributed by atoms with Crippen molar-refractivity contribution >= 4 is 0 Å². The van der Waals surface area contributed by atoms with Crippen molar-refractivity contribution in [3.05, 3.63) is 42.0 Å². The third kappa shape index (κ3) is 3.02. The van der Waals surface area contributed by atoms with Gasteiger partial charge >= 0.3 is 0 Å². The van der Waals surface area contributed by atoms with Crippen LogP contribution in [0.15, 0.2) is 30.9 Å². The molecule has 2 heterocycles. The molecular formula is C25H35N3O3. The molecule has 6 rings (SSSR count). The lowest BCUT2D eigenvalue weighted by atomic mass is 9.51. The molecule has 0 radical (unpaired) electrons. The maximum absolute atomic E-state index is 12.2. The van der Waals surface area contributed by atoms with Gasteiger partial charge in [0.2, 0.25) is 0 Å². The molecule has 168 valence electrons. The number of benzene rings is 1. The highest BCUT2D eigenvalue weighted by Gasteiger charge is 2.68. The first kappa shape index (κ1) is 20.8. The quantitative estimate of drug-likeness (QED) is 0.684. The van der Waals surface area contributed by atoms with Gasteiger partial charge in [-0.15, -0.1) is 0 Å². The highest BCUT2D eigenvalue weighted by atomic mass is 16.5. The SMILES string of the molecule is CC.CC12c3c4ccc(O)c3O[C@H]1[C@@H](Cn1ccnc1)CCC2(O)C(NCC1CC1)C4. The van der Waals surface area contributed by atoms with E-state index in [1.807, 2.05) is 32.4 Å². The van der Waals surface area contributed by atoms with Crippen molar-refractivity contribution in [1.82, 2.24) is 14.9 Å². The Labute approximate surface area is 184 Å². The number of nitrogens with zero attached hydrogens (tertiary/aromatic N) is 2. The van der Waals surface area contributed by atoms with E-state index in [0.29, 0.717) is 5.75 Å². The zero-order valence-electron chi connectivity index (χ0n) is 18.8. The summed E-state index contributed by atoms with van der Waals surface area (Å²) in [4.78, 5) is 4.18. The van der Waals surface area contributed by atoms with E-state index in [9.17, 15) is 10.2 Å². The van der Waals surface area contributed by atoms with Crippen molar-refractivity contribution in [1.29, 1.82) is 0 Å². The van der Waals surface area contributed by atoms with Gasteiger partial charge < -0.3 is 24.8 Å². The molecule has 3 N–H and O–H groups in total. The zero-order valence-corrected chi connectivity index (χ0v) is 18.8. The molecule has 1 aliphatic heterocycles. The first-order valence-electron chi connectivity index (χ1n) is 11.9. The van der Waals surface area contributed by atoms with Gasteiger partial charge in [0, 0.05) is 36.5 Å². The minimum absolute atomic E-state index is 0.0105. The number of hydrogen-bond acceptors (Lipinski definition) is 5. The maximum atomic E-state index is 12.2. The Morgan fingerprint density at radius 1 is 1.26 bits per heavy atom. The minimum atomic E-state index is -0.885. The second-order valence-electron chi connectivity index (χ2n) is 9.78. The van der Waals surface area contributed by atoms with E-state index in [-0.39, 0.29) is 23.8 Å². The molecule has 0 bridgehead atoms. The molecule has 0 saturated heterocycles. The van der Waals surface area contributed by atoms with Gasteiger partial charge in [-0.1, -0.05) is 19.9 Å². The number of hydrogen-bond donors (Lipinski definition) is 3. The summed E-state index contributed by atoms with van der Waals surface area (Å²) in [6.07, 6.45) is 10.4. The first-order chi connectivity index (χ1) is 15.0. The van der Waals surface area contributed by atoms with Crippen LogP contribution in [0.4, 0.5) is 0 Å². The molecule has 5 atom stereocenters. The fraction of sp³-hybridized carbons (Fsp3) is 0.640. The van der Waals surface area contributed by atoms with Crippen LogP contribution < -0.4 is 10.1 Å². The molecule has 1 aromatic heterocycles. The normalized spacial score (nSPS) is 35.0. The molecule has 6 heteroatoms. The summed E-state index contributed by atoms with van der Waals surface area (Å²) >= 11 is 0. The Morgan fingerprint density at radius 2 is 2.06 bits per heavy atom. The van der Waals surface area contributed by atoms with Gasteiger partial charge in [-0.3, -0.25) is 0 Å². The fourth-order valence-corrected chi connectivity index (χ4v) is 6.35. The standard InChI is InChI=1S/C23H29N3O3.C2H6/c1-22-19-15-4-5-17(27)20(19)29-21(22)16(12-26-9-8-24-13-26)6-7-23(22,28)18(10-15)25-11-14-2-3-14;1-2/h4-5,8-9,13-14,16,18,21,25,27-28H,2-3,6-7,10-12H2,1H3;1-2H3/t16-,18?,21+,22?,23?;/m1./s1. The number of rotatable bonds is 5. The minimum Gasteiger partial charge on any atom is -0.504 e. The highest BCUT2D eigenvalue weighted by Crippen LogP contribution is 2.62. The van der Waals surface area contributed by atoms with Crippen molar-refractivity contribution in [2.75, 3.05) is 6.54 Å². The molecule has 0 amide bonds. The molecule has 2 saturated carbocycles. The highest BCUT2D eigenvalue weighted by molar-refractivity contribution is 5.61. The van der Waals surface area contributed by atoms with Crippen molar-refractivity contribution in [2.24, 2.45) is 11.8 Å². The van der Waals surface area contributed by atoms with Crippen LogP contribution in [0.1, 0.15) is 57.6 Å². The molecule has 3 unspecified atom stereocenters. The van der Waals surface area contributed by atoms with Crippen LogP contribution in [-0.4, -0.2) is 44.1 Å². The van der Waals surface area contributed by atoms with Crippen molar-refractivity contribution in [2.45, 2.75) is 82.6 Å². The number of nitrogens with one attached hydrogen (secondary N) is 1. The molecule has 31 heavy (non-hydrogen) atoms. The number of aromatic hydroxyl groups is 1. The van der Waals surface area contributed by atoms with Gasteiger partial charge in [0.15, 0.2) is 11.5 Å². The molecule has 2 fully saturated rings. The van der Waals surface area contributed by atoms with Gasteiger partial charge in [0.05, 0.1) is 17.3 Å². The second kappa shape index (κ2) is 7.52. The summed E-state index contributed by atoms with van der Waals surface area (Å²) in [6.45, 7) is 7.95. The van der Waals surface area contributed by atoms with Gasteiger partial charge in [0.1, 0.15) is 6.10 Å². The van der Waals surface area contributed by atoms with Crippen molar-refractivity contribution in [3.8, 4) is 11.5 Å². The molecular weight excluding hydrogens is 390 g/mol. The molecule has 4 aliphatic rings. The Bertz CT molecular complexity index is 942. The Kier molecular flexibility index (Phi) is 5.05. The lowest BCUT2D eigenvalue weighted by Crippen LogP contribution is -2.71. The van der Waals surface area contributed by atoms with E-state index in [2.05, 4.69) is 21.8 Å². The summed E-state index contributed by atoms with van der Waals surface area (Å²) in [5.74, 6) is 1.78. The zero-order chi connectivity index (χ0) is 21.8. The lowest BCUT2D eigenvalue weighted by Gasteiger charge is -2.57. The monoisotopic (exact) mass is 425 g/mol. The van der Waals surface area contributed by atoms with Crippen LogP contribution in [-0.2, 0) is 18.4 Å². The fourth-order valence-electron chi connectivity index (χ4n) is 6.35. The summed E-state index contributed by atoms with van der Waals surface area (Å²) in [6, 6.07) is 3.79. The summed E-state index contributed by atoms with van der Waals surface area (Å²) in [5, 5.41) is 26.5. The number of aliphatic hydroxyl groups is 1. The number of phenolic OH excluding ortho intramolecular Hbond substituents is 1. The van der Waals surface area contributed by atoms with Crippen LogP contribution in [0, 0.1) is 11.8 Å². The van der Waals surface area contributed by atoms with Crippen LogP contribution >= 0.6 is 0 Å². The van der Waals surface area contributed by atoms with E-state index in [0.717, 1.165) is 43.8 Å². The summed E-state index contributed by atoms with van der Waals surface area (Å²) < 4.78 is 8.57. The predicted molar refractivity (Wildman–Crippen MR) is 119 cm³/mol. The van der Waals surface area contributed by atoms with Crippen LogP contribution in [0.3, 0.4) is 0 Å². The number of ether oxygens (including phenoxy) is 1. The number of phenols is 1. The van der Waals surface area contributed by atoms with Gasteiger partial charge in [-0.05, 0) is 63.1 Å². The Balaban J connectivity index is 0.000000994. The second-order valence-corrected chi connectivity index (χ2v) is 9.78. The lowest BCUT2D eigenvalue weighted by molar-refractivity contribution is -0.144. The predicted octanol–water partition coefficient (Wildman–Crippen LogP) is 3.40. The third-order valence-electron chi connectivity index (χ3n) is 8.14. The molecule has 0 spiro atoms. The van der Waals surface area contributed by atoms with Gasteiger partial charge in [-0.2, -0.15) is 0 Å². The molecule has 3 aliphatic carbocycles. The van der Waals surface area contributed by atoms with Gasteiger partial charge in [-0.25, -0.2) is 4.98 Å². The van der Waals surface area contributed by atoms with E-state index in [1.54, 1.807) is 12.3 Å². The number of aromatic nitrogens is 2. The van der Waals surface area contributed by atoms with E-state index < -0.39 is 11.0 Å². The largest absolute Gasteiger partial charge is 0.504 e. The van der Waals surface area contributed by atoms with Crippen LogP contribution in [0.2, 0.25) is 0 Å². The molecule has 6 nitrogen and oxygen atoms in total. The topological polar surface area (TPSA) is 79.5 Å². The average molecular weight is 426 g/mol. The third-order valence-corrected chi connectivity index (χ3v) is 8.14. The smallest absolute Gasteiger partial charge is 0.165 e. The van der Waals surface area contributed by atoms with E-state index >= 15 is 0 Å². The number of imidazole rings is 1. The summed E-state index contributed by atoms with van der Waals surface area (Å²) in [5.41, 5.74) is 0.803. The Hall–Kier alpha value is -2.05. The molecule has 2 aromatic rings. The van der Waals surface area contributed by atoms with E-state index in [4.69, 9.17) is 4.74 Å². The van der Waals surface area contributed by atoms with Crippen LogP contribution in [0.5, 0.6) is 11.5 Å².